The summed E-state index contributed by atoms with van der Waals surface area (Å²) in [6.45, 7) is 6.63. The summed E-state index contributed by atoms with van der Waals surface area (Å²) in [4.78, 5) is 4.84. The molecule has 1 aliphatic rings. The van der Waals surface area contributed by atoms with Gasteiger partial charge in [-0.3, -0.25) is 0 Å². The quantitative estimate of drug-likeness (QED) is 0.724. The molecule has 1 saturated heterocycles. The molecular formula is C22H30N2O. The van der Waals surface area contributed by atoms with Crippen molar-refractivity contribution in [2.75, 3.05) is 38.1 Å². The largest absolute Gasteiger partial charge is 0.486 e. The molecule has 0 saturated carbocycles. The zero-order chi connectivity index (χ0) is 17.5. The number of piperazine rings is 1. The Morgan fingerprint density at radius 2 is 1.72 bits per heavy atom. The number of anilines is 1. The van der Waals surface area contributed by atoms with Gasteiger partial charge >= 0.3 is 0 Å². The van der Waals surface area contributed by atoms with E-state index in [2.05, 4.69) is 78.4 Å². The molecule has 3 nitrogen and oxygen atoms in total. The van der Waals surface area contributed by atoms with Crippen LogP contribution in [0.4, 0.5) is 5.69 Å². The van der Waals surface area contributed by atoms with E-state index < -0.39 is 0 Å². The highest BCUT2D eigenvalue weighted by Gasteiger charge is 2.16. The van der Waals surface area contributed by atoms with Crippen LogP contribution in [-0.4, -0.2) is 38.1 Å². The summed E-state index contributed by atoms with van der Waals surface area (Å²) in [6, 6.07) is 19.2. The Labute approximate surface area is 152 Å². The number of likely N-dealkylation sites (N-methyl/N-ethyl adjacent to an activating group) is 1. The highest BCUT2D eigenvalue weighted by Crippen LogP contribution is 2.29. The van der Waals surface area contributed by atoms with Gasteiger partial charge in [-0.05, 0) is 37.6 Å². The molecule has 0 bridgehead atoms. The summed E-state index contributed by atoms with van der Waals surface area (Å²) in [6.07, 6.45) is 3.55. The van der Waals surface area contributed by atoms with Gasteiger partial charge in [-0.25, -0.2) is 0 Å². The Bertz CT molecular complexity index is 635. The molecule has 1 atom stereocenters. The second-order valence-corrected chi connectivity index (χ2v) is 6.95. The van der Waals surface area contributed by atoms with Gasteiger partial charge in [-0.2, -0.15) is 0 Å². The van der Waals surface area contributed by atoms with E-state index in [1.807, 2.05) is 0 Å². The van der Waals surface area contributed by atoms with E-state index in [1.54, 1.807) is 0 Å². The molecule has 1 aliphatic heterocycles. The Kier molecular flexibility index (Phi) is 6.35. The maximum absolute atomic E-state index is 6.42. The molecule has 1 fully saturated rings. The fourth-order valence-electron chi connectivity index (χ4n) is 3.33. The minimum atomic E-state index is 0.129. The molecule has 0 spiro atoms. The van der Waals surface area contributed by atoms with Crippen LogP contribution < -0.4 is 9.64 Å². The fourth-order valence-corrected chi connectivity index (χ4v) is 3.33. The Hall–Kier alpha value is -2.00. The van der Waals surface area contributed by atoms with Gasteiger partial charge < -0.3 is 14.5 Å². The molecule has 1 unspecified atom stereocenters. The number of unbranched alkanes of at least 4 members (excludes halogenated alkanes) is 1. The predicted molar refractivity (Wildman–Crippen MR) is 105 cm³/mol. The van der Waals surface area contributed by atoms with Gasteiger partial charge in [-0.15, -0.1) is 0 Å². The highest BCUT2D eigenvalue weighted by molar-refractivity contribution is 5.51. The predicted octanol–water partition coefficient (Wildman–Crippen LogP) is 4.75. The normalized spacial score (nSPS) is 16.6. The van der Waals surface area contributed by atoms with E-state index in [0.717, 1.165) is 38.3 Å². The van der Waals surface area contributed by atoms with Crippen LogP contribution in [0.5, 0.6) is 5.75 Å². The first-order valence-electron chi connectivity index (χ1n) is 9.51. The Balaban J connectivity index is 1.72. The summed E-state index contributed by atoms with van der Waals surface area (Å²) in [5.74, 6) is 0.974. The molecule has 1 heterocycles. The number of rotatable bonds is 7. The summed E-state index contributed by atoms with van der Waals surface area (Å²) in [7, 11) is 2.19. The second-order valence-electron chi connectivity index (χ2n) is 6.95. The van der Waals surface area contributed by atoms with Crippen LogP contribution in [0.1, 0.15) is 37.9 Å². The van der Waals surface area contributed by atoms with E-state index in [4.69, 9.17) is 4.74 Å². The average Bonchev–Trinajstić information content (AvgIpc) is 2.66. The van der Waals surface area contributed by atoms with Crippen molar-refractivity contribution in [2.45, 2.75) is 32.3 Å². The first-order valence-corrected chi connectivity index (χ1v) is 9.51. The van der Waals surface area contributed by atoms with Crippen molar-refractivity contribution < 1.29 is 4.74 Å². The Morgan fingerprint density at radius 1 is 0.960 bits per heavy atom. The van der Waals surface area contributed by atoms with Crippen LogP contribution in [0.15, 0.2) is 54.6 Å². The van der Waals surface area contributed by atoms with Gasteiger partial charge in [0.25, 0.3) is 0 Å². The van der Waals surface area contributed by atoms with Crippen molar-refractivity contribution in [1.82, 2.24) is 4.90 Å². The van der Waals surface area contributed by atoms with Crippen LogP contribution in [0.3, 0.4) is 0 Å². The van der Waals surface area contributed by atoms with Crippen molar-refractivity contribution in [1.29, 1.82) is 0 Å². The Morgan fingerprint density at radius 3 is 2.44 bits per heavy atom. The van der Waals surface area contributed by atoms with Gasteiger partial charge in [0.15, 0.2) is 0 Å². The van der Waals surface area contributed by atoms with Crippen LogP contribution in [-0.2, 0) is 0 Å². The van der Waals surface area contributed by atoms with E-state index in [-0.39, 0.29) is 6.10 Å². The average molecular weight is 338 g/mol. The molecule has 134 valence electrons. The fraction of sp³-hybridized carbons (Fsp3) is 0.455. The zero-order valence-corrected chi connectivity index (χ0v) is 15.5. The molecule has 0 amide bonds. The van der Waals surface area contributed by atoms with Crippen molar-refractivity contribution in [2.24, 2.45) is 0 Å². The third-order valence-corrected chi connectivity index (χ3v) is 4.96. The number of benzene rings is 2. The van der Waals surface area contributed by atoms with E-state index in [1.165, 1.54) is 24.1 Å². The third-order valence-electron chi connectivity index (χ3n) is 4.96. The summed E-state index contributed by atoms with van der Waals surface area (Å²) < 4.78 is 6.42. The smallest absolute Gasteiger partial charge is 0.124 e. The maximum Gasteiger partial charge on any atom is 0.124 e. The lowest BCUT2D eigenvalue weighted by atomic mass is 10.0. The summed E-state index contributed by atoms with van der Waals surface area (Å²) >= 11 is 0. The topological polar surface area (TPSA) is 15.7 Å². The van der Waals surface area contributed by atoms with Crippen molar-refractivity contribution >= 4 is 5.69 Å². The van der Waals surface area contributed by atoms with Gasteiger partial charge in [0.1, 0.15) is 11.9 Å². The van der Waals surface area contributed by atoms with Gasteiger partial charge in [0.2, 0.25) is 0 Å². The monoisotopic (exact) mass is 338 g/mol. The molecule has 2 aromatic rings. The van der Waals surface area contributed by atoms with E-state index >= 15 is 0 Å². The second kappa shape index (κ2) is 8.91. The van der Waals surface area contributed by atoms with Crippen molar-refractivity contribution in [3.63, 3.8) is 0 Å². The summed E-state index contributed by atoms with van der Waals surface area (Å²) in [5, 5.41) is 0. The van der Waals surface area contributed by atoms with E-state index in [0.29, 0.717) is 0 Å². The molecule has 25 heavy (non-hydrogen) atoms. The van der Waals surface area contributed by atoms with E-state index in [9.17, 15) is 0 Å². The van der Waals surface area contributed by atoms with Crippen LogP contribution in [0.2, 0.25) is 0 Å². The van der Waals surface area contributed by atoms with Crippen LogP contribution >= 0.6 is 0 Å². The lowest BCUT2D eigenvalue weighted by Gasteiger charge is -2.34. The first kappa shape index (κ1) is 17.8. The lowest BCUT2D eigenvalue weighted by molar-refractivity contribution is 0.191. The minimum Gasteiger partial charge on any atom is -0.486 e. The van der Waals surface area contributed by atoms with Gasteiger partial charge in [0, 0.05) is 37.9 Å². The standard InChI is InChI=1S/C22H30N2O/c1-3-4-13-22(19-9-6-5-7-10-19)25-21-12-8-11-20(18-21)24-16-14-23(2)15-17-24/h5-12,18,22H,3-4,13-17H2,1-2H3. The number of hydrogen-bond acceptors (Lipinski definition) is 3. The number of hydrogen-bond donors (Lipinski definition) is 0. The lowest BCUT2D eigenvalue weighted by Crippen LogP contribution is -2.44. The van der Waals surface area contributed by atoms with Crippen molar-refractivity contribution in [3.8, 4) is 5.75 Å². The maximum atomic E-state index is 6.42. The minimum absolute atomic E-state index is 0.129. The molecule has 3 rings (SSSR count). The van der Waals surface area contributed by atoms with Gasteiger partial charge in [-0.1, -0.05) is 49.7 Å². The summed E-state index contributed by atoms with van der Waals surface area (Å²) in [5.41, 5.74) is 2.54. The van der Waals surface area contributed by atoms with Crippen LogP contribution in [0.25, 0.3) is 0 Å². The van der Waals surface area contributed by atoms with Gasteiger partial charge in [0.05, 0.1) is 0 Å². The third kappa shape index (κ3) is 4.99. The number of nitrogens with zero attached hydrogens (tertiary/aromatic N) is 2. The number of ether oxygens (including phenoxy) is 1. The molecule has 0 N–H and O–H groups in total. The molecule has 0 radical (unpaired) electrons. The first-order chi connectivity index (χ1) is 12.3. The molecule has 3 heteroatoms. The molecule has 0 aliphatic carbocycles. The zero-order valence-electron chi connectivity index (χ0n) is 15.5. The SMILES string of the molecule is CCCCC(Oc1cccc(N2CCN(C)CC2)c1)c1ccccc1. The highest BCUT2D eigenvalue weighted by atomic mass is 16.5. The van der Waals surface area contributed by atoms with Crippen LogP contribution in [0, 0.1) is 0 Å². The molecule has 2 aromatic carbocycles. The molecule has 0 aromatic heterocycles. The molecular weight excluding hydrogens is 308 g/mol. The van der Waals surface area contributed by atoms with Crippen molar-refractivity contribution in [3.05, 3.63) is 60.2 Å².